The Balaban J connectivity index is 4.94. The highest BCUT2D eigenvalue weighted by Gasteiger charge is 2.14. The van der Waals surface area contributed by atoms with Gasteiger partial charge in [0.2, 0.25) is 0 Å². The van der Waals surface area contributed by atoms with Crippen LogP contribution in [-0.4, -0.2) is 156 Å². The summed E-state index contributed by atoms with van der Waals surface area (Å²) >= 11 is 0. The highest BCUT2D eigenvalue weighted by molar-refractivity contribution is 4.73. The lowest BCUT2D eigenvalue weighted by Gasteiger charge is -2.31. The van der Waals surface area contributed by atoms with Gasteiger partial charge in [-0.2, -0.15) is 0 Å². The van der Waals surface area contributed by atoms with Crippen LogP contribution in [-0.2, 0) is 0 Å². The van der Waals surface area contributed by atoms with E-state index in [1.807, 2.05) is 13.8 Å². The summed E-state index contributed by atoms with van der Waals surface area (Å²) in [7, 11) is 0. The van der Waals surface area contributed by atoms with Crippen molar-refractivity contribution in [3.8, 4) is 0 Å². The minimum absolute atomic E-state index is 0.380. The van der Waals surface area contributed by atoms with E-state index in [-0.39, 0.29) is 5.66 Å². The molecule has 37 heavy (non-hydrogen) atoms. The summed E-state index contributed by atoms with van der Waals surface area (Å²) in [5.74, 6) is 0. The maximum absolute atomic E-state index is 6.14. The van der Waals surface area contributed by atoms with Crippen LogP contribution in [0.1, 0.15) is 27.7 Å². The van der Waals surface area contributed by atoms with Gasteiger partial charge in [-0.05, 0) is 27.7 Å². The Hall–Kier alpha value is -0.480. The molecule has 0 aromatic heterocycles. The average molecular weight is 533 g/mol. The molecule has 0 aromatic rings. The summed E-state index contributed by atoms with van der Waals surface area (Å²) in [5.41, 5.74) is 28.8. The summed E-state index contributed by atoms with van der Waals surface area (Å²) in [6.45, 7) is 25.0. The average Bonchev–Trinajstić information content (AvgIpc) is 2.83. The SMILES string of the molecule is CC(C)N(CCN)CCNCN(CCNCCN)CCN(CCNC(C)(C)N)CCN(CCN)CCN. The molecule has 0 spiro atoms. The standard InChI is InChI=1S/C25H64N12/c1-24(2)37(15-8-29)18-11-32-23-36(16-10-31-9-5-26)22-21-35(17-12-33-25(3,4)30)20-19-34(13-6-27)14-7-28/h24,31-33H,5-23,26-30H2,1-4H3. The largest absolute Gasteiger partial charge is 0.329 e. The monoisotopic (exact) mass is 533 g/mol. The molecule has 0 amide bonds. The number of nitrogens with zero attached hydrogens (tertiary/aromatic N) is 4. The van der Waals surface area contributed by atoms with Gasteiger partial charge in [0.05, 0.1) is 5.66 Å². The Labute approximate surface area is 228 Å². The van der Waals surface area contributed by atoms with Gasteiger partial charge in [0.25, 0.3) is 0 Å². The molecule has 0 fully saturated rings. The molecule has 12 nitrogen and oxygen atoms in total. The third-order valence-corrected chi connectivity index (χ3v) is 6.35. The van der Waals surface area contributed by atoms with Crippen molar-refractivity contribution in [2.45, 2.75) is 39.4 Å². The molecule has 0 radical (unpaired) electrons. The summed E-state index contributed by atoms with van der Waals surface area (Å²) in [6.07, 6.45) is 0. The van der Waals surface area contributed by atoms with E-state index < -0.39 is 0 Å². The lowest BCUT2D eigenvalue weighted by Crippen LogP contribution is -2.51. The topological polar surface area (TPSA) is 179 Å². The zero-order valence-corrected chi connectivity index (χ0v) is 24.7. The van der Waals surface area contributed by atoms with Crippen molar-refractivity contribution in [1.29, 1.82) is 0 Å². The summed E-state index contributed by atoms with van der Waals surface area (Å²) in [4.78, 5) is 9.77. The van der Waals surface area contributed by atoms with E-state index in [9.17, 15) is 0 Å². The molecular formula is C25H64N12. The molecule has 224 valence electrons. The molecule has 0 saturated carbocycles. The van der Waals surface area contributed by atoms with Crippen molar-refractivity contribution in [2.75, 3.05) is 124 Å². The Morgan fingerprint density at radius 3 is 1.59 bits per heavy atom. The molecule has 0 heterocycles. The van der Waals surface area contributed by atoms with Gasteiger partial charge in [0.1, 0.15) is 0 Å². The van der Waals surface area contributed by atoms with Crippen molar-refractivity contribution in [2.24, 2.45) is 28.7 Å². The molecule has 13 N–H and O–H groups in total. The molecular weight excluding hydrogens is 468 g/mol. The van der Waals surface area contributed by atoms with Gasteiger partial charge in [-0.15, -0.1) is 0 Å². The predicted molar refractivity (Wildman–Crippen MR) is 159 cm³/mol. The van der Waals surface area contributed by atoms with Crippen LogP contribution in [0.5, 0.6) is 0 Å². The van der Waals surface area contributed by atoms with E-state index >= 15 is 0 Å². The third-order valence-electron chi connectivity index (χ3n) is 6.35. The van der Waals surface area contributed by atoms with Crippen molar-refractivity contribution in [3.05, 3.63) is 0 Å². The summed E-state index contributed by atoms with van der Waals surface area (Å²) in [6, 6.07) is 0.501. The Kier molecular flexibility index (Phi) is 23.1. The van der Waals surface area contributed by atoms with Gasteiger partial charge < -0.3 is 39.3 Å². The third kappa shape index (κ3) is 22.1. The minimum Gasteiger partial charge on any atom is -0.329 e. The number of hydrogen-bond acceptors (Lipinski definition) is 12. The van der Waals surface area contributed by atoms with E-state index in [0.29, 0.717) is 32.2 Å². The highest BCUT2D eigenvalue weighted by Crippen LogP contribution is 1.98. The van der Waals surface area contributed by atoms with Crippen LogP contribution < -0.4 is 44.6 Å². The normalized spacial score (nSPS) is 12.8. The highest BCUT2D eigenvalue weighted by atomic mass is 15.3. The molecule has 0 bridgehead atoms. The molecule has 0 atom stereocenters. The van der Waals surface area contributed by atoms with Crippen molar-refractivity contribution >= 4 is 0 Å². The van der Waals surface area contributed by atoms with Crippen LogP contribution in [0.3, 0.4) is 0 Å². The van der Waals surface area contributed by atoms with E-state index in [2.05, 4.69) is 49.4 Å². The lowest BCUT2D eigenvalue weighted by atomic mass is 10.2. The second-order valence-electron chi connectivity index (χ2n) is 10.6. The minimum atomic E-state index is -0.380. The number of nitrogens with two attached hydrogens (primary N) is 5. The summed E-state index contributed by atoms with van der Waals surface area (Å²) < 4.78 is 0. The quantitative estimate of drug-likeness (QED) is 0.0394. The zero-order valence-electron chi connectivity index (χ0n) is 24.7. The zero-order chi connectivity index (χ0) is 27.9. The molecule has 0 aliphatic heterocycles. The van der Waals surface area contributed by atoms with Gasteiger partial charge in [0, 0.05) is 131 Å². The fourth-order valence-electron chi connectivity index (χ4n) is 4.13. The first-order valence-corrected chi connectivity index (χ1v) is 14.3. The van der Waals surface area contributed by atoms with Crippen LogP contribution in [0.4, 0.5) is 0 Å². The molecule has 0 saturated heterocycles. The van der Waals surface area contributed by atoms with Gasteiger partial charge in [0.15, 0.2) is 0 Å². The van der Waals surface area contributed by atoms with E-state index in [4.69, 9.17) is 28.7 Å². The molecule has 0 aromatic carbocycles. The predicted octanol–water partition coefficient (Wildman–Crippen LogP) is -3.14. The van der Waals surface area contributed by atoms with Crippen molar-refractivity contribution < 1.29 is 0 Å². The van der Waals surface area contributed by atoms with Crippen LogP contribution in [0, 0.1) is 0 Å². The van der Waals surface area contributed by atoms with E-state index in [1.165, 1.54) is 0 Å². The maximum Gasteiger partial charge on any atom is 0.0604 e. The first-order valence-electron chi connectivity index (χ1n) is 14.3. The van der Waals surface area contributed by atoms with Crippen molar-refractivity contribution in [1.82, 2.24) is 35.6 Å². The fraction of sp³-hybridized carbons (Fsp3) is 1.00. The van der Waals surface area contributed by atoms with Gasteiger partial charge in [-0.1, -0.05) is 0 Å². The van der Waals surface area contributed by atoms with Crippen LogP contribution in [0.2, 0.25) is 0 Å². The molecule has 0 aliphatic carbocycles. The molecule has 0 aliphatic rings. The second kappa shape index (κ2) is 23.4. The van der Waals surface area contributed by atoms with Gasteiger partial charge >= 0.3 is 0 Å². The van der Waals surface area contributed by atoms with Gasteiger partial charge in [-0.25, -0.2) is 0 Å². The molecule has 0 unspecified atom stereocenters. The van der Waals surface area contributed by atoms with Gasteiger partial charge in [-0.3, -0.25) is 24.9 Å². The van der Waals surface area contributed by atoms with Crippen molar-refractivity contribution in [3.63, 3.8) is 0 Å². The molecule has 12 heteroatoms. The summed E-state index contributed by atoms with van der Waals surface area (Å²) in [5, 5.41) is 10.5. The first kappa shape index (κ1) is 36.5. The Morgan fingerprint density at radius 2 is 1.08 bits per heavy atom. The number of nitrogens with one attached hydrogen (secondary N) is 3. The fourth-order valence-corrected chi connectivity index (χ4v) is 4.13. The van der Waals surface area contributed by atoms with Crippen LogP contribution in [0.25, 0.3) is 0 Å². The molecule has 0 rings (SSSR count). The maximum atomic E-state index is 6.14. The van der Waals surface area contributed by atoms with Crippen LogP contribution in [0.15, 0.2) is 0 Å². The first-order chi connectivity index (χ1) is 17.7. The number of hydrogen-bond donors (Lipinski definition) is 8. The number of rotatable bonds is 27. The Bertz CT molecular complexity index is 483. The lowest BCUT2D eigenvalue weighted by molar-refractivity contribution is 0.166. The second-order valence-corrected chi connectivity index (χ2v) is 10.6. The smallest absolute Gasteiger partial charge is 0.0604 e. The van der Waals surface area contributed by atoms with E-state index in [0.717, 1.165) is 98.3 Å². The Morgan fingerprint density at radius 1 is 0.568 bits per heavy atom. The van der Waals surface area contributed by atoms with E-state index in [1.54, 1.807) is 0 Å². The van der Waals surface area contributed by atoms with Crippen LogP contribution >= 0.6 is 0 Å².